The Morgan fingerprint density at radius 1 is 1.11 bits per heavy atom. The van der Waals surface area contributed by atoms with Crippen molar-refractivity contribution in [2.75, 3.05) is 0 Å². The van der Waals surface area contributed by atoms with E-state index in [2.05, 4.69) is 0 Å². The monoisotopic (exact) mass is 242 g/mol. The van der Waals surface area contributed by atoms with Crippen molar-refractivity contribution >= 4 is 16.7 Å². The van der Waals surface area contributed by atoms with E-state index < -0.39 is 5.41 Å². The predicted octanol–water partition coefficient (Wildman–Crippen LogP) is 4.18. The molecule has 18 heavy (non-hydrogen) atoms. The van der Waals surface area contributed by atoms with E-state index in [0.29, 0.717) is 5.75 Å². The summed E-state index contributed by atoms with van der Waals surface area (Å²) in [7, 11) is 0. The number of hydrogen-bond acceptors (Lipinski definition) is 2. The van der Waals surface area contributed by atoms with E-state index in [4.69, 9.17) is 4.74 Å². The fourth-order valence-corrected chi connectivity index (χ4v) is 1.67. The summed E-state index contributed by atoms with van der Waals surface area (Å²) in [6, 6.07) is 13.7. The van der Waals surface area contributed by atoms with Crippen LogP contribution < -0.4 is 4.74 Å². The van der Waals surface area contributed by atoms with Crippen LogP contribution in [0.25, 0.3) is 10.8 Å². The topological polar surface area (TPSA) is 26.3 Å². The molecule has 0 N–H and O–H groups in total. The van der Waals surface area contributed by atoms with E-state index in [1.54, 1.807) is 0 Å². The molecule has 0 heterocycles. The van der Waals surface area contributed by atoms with E-state index in [1.165, 1.54) is 0 Å². The molecule has 2 nitrogen and oxygen atoms in total. The third kappa shape index (κ3) is 2.37. The number of benzene rings is 2. The average Bonchev–Trinajstić information content (AvgIpc) is 2.39. The zero-order chi connectivity index (χ0) is 13.2. The highest BCUT2D eigenvalue weighted by Crippen LogP contribution is 2.28. The molecule has 0 unspecified atom stereocenters. The molecule has 0 aliphatic rings. The Morgan fingerprint density at radius 3 is 2.50 bits per heavy atom. The maximum atomic E-state index is 12.1. The first-order chi connectivity index (χ1) is 8.54. The van der Waals surface area contributed by atoms with E-state index in [1.807, 2.05) is 63.2 Å². The van der Waals surface area contributed by atoms with Crippen molar-refractivity contribution in [1.29, 1.82) is 0 Å². The molecule has 2 aromatic rings. The molecule has 0 aromatic heterocycles. The highest BCUT2D eigenvalue weighted by molar-refractivity contribution is 5.91. The van der Waals surface area contributed by atoms with Gasteiger partial charge in [-0.2, -0.15) is 0 Å². The minimum absolute atomic E-state index is 0.179. The summed E-state index contributed by atoms with van der Waals surface area (Å²) in [6.07, 6.45) is 0.761. The number of esters is 1. The molecule has 0 aliphatic heterocycles. The molecule has 94 valence electrons. The lowest BCUT2D eigenvalue weighted by atomic mass is 9.91. The molecular formula is C16H18O2. The molecule has 2 rings (SSSR count). The van der Waals surface area contributed by atoms with Crippen LogP contribution in [0.1, 0.15) is 27.2 Å². The lowest BCUT2D eigenvalue weighted by Gasteiger charge is -2.20. The van der Waals surface area contributed by atoms with Gasteiger partial charge in [0.25, 0.3) is 0 Å². The van der Waals surface area contributed by atoms with Crippen molar-refractivity contribution in [2.45, 2.75) is 27.2 Å². The molecule has 0 saturated heterocycles. The van der Waals surface area contributed by atoms with Gasteiger partial charge in [0.15, 0.2) is 0 Å². The van der Waals surface area contributed by atoms with Gasteiger partial charge in [-0.25, -0.2) is 0 Å². The van der Waals surface area contributed by atoms with Crippen LogP contribution in [0.2, 0.25) is 0 Å². The maximum Gasteiger partial charge on any atom is 0.316 e. The Balaban J connectivity index is 2.36. The minimum Gasteiger partial charge on any atom is -0.425 e. The molecule has 0 spiro atoms. The highest BCUT2D eigenvalue weighted by Gasteiger charge is 2.27. The van der Waals surface area contributed by atoms with Crippen LogP contribution in [0.4, 0.5) is 0 Å². The van der Waals surface area contributed by atoms with Crippen molar-refractivity contribution in [1.82, 2.24) is 0 Å². The number of carbonyl (C=O) groups excluding carboxylic acids is 1. The van der Waals surface area contributed by atoms with Crippen molar-refractivity contribution in [2.24, 2.45) is 5.41 Å². The van der Waals surface area contributed by atoms with Crippen LogP contribution in [0.3, 0.4) is 0 Å². The molecule has 0 saturated carbocycles. The summed E-state index contributed by atoms with van der Waals surface area (Å²) in [6.45, 7) is 5.80. The van der Waals surface area contributed by atoms with E-state index in [0.717, 1.165) is 17.2 Å². The van der Waals surface area contributed by atoms with Crippen molar-refractivity contribution < 1.29 is 9.53 Å². The van der Waals surface area contributed by atoms with Gasteiger partial charge < -0.3 is 4.74 Å². The second-order valence-corrected chi connectivity index (χ2v) is 5.10. The summed E-state index contributed by atoms with van der Waals surface area (Å²) in [4.78, 5) is 12.1. The Hall–Kier alpha value is -1.83. The molecule has 0 atom stereocenters. The molecule has 0 radical (unpaired) electrons. The number of carbonyl (C=O) groups is 1. The summed E-state index contributed by atoms with van der Waals surface area (Å²) in [5.41, 5.74) is -0.447. The van der Waals surface area contributed by atoms with Crippen molar-refractivity contribution in [3.8, 4) is 5.75 Å². The Morgan fingerprint density at radius 2 is 1.78 bits per heavy atom. The summed E-state index contributed by atoms with van der Waals surface area (Å²) in [5.74, 6) is 0.459. The second-order valence-electron chi connectivity index (χ2n) is 5.10. The fourth-order valence-electron chi connectivity index (χ4n) is 1.67. The van der Waals surface area contributed by atoms with Crippen LogP contribution in [0.15, 0.2) is 42.5 Å². The lowest BCUT2D eigenvalue weighted by Crippen LogP contribution is -2.28. The lowest BCUT2D eigenvalue weighted by molar-refractivity contribution is -0.144. The normalized spacial score (nSPS) is 11.5. The van der Waals surface area contributed by atoms with E-state index in [9.17, 15) is 4.79 Å². The van der Waals surface area contributed by atoms with Gasteiger partial charge in [0.2, 0.25) is 0 Å². The van der Waals surface area contributed by atoms with E-state index in [-0.39, 0.29) is 5.97 Å². The average molecular weight is 242 g/mol. The number of fused-ring (bicyclic) bond motifs is 1. The van der Waals surface area contributed by atoms with Gasteiger partial charge in [0.05, 0.1) is 5.41 Å². The zero-order valence-corrected chi connectivity index (χ0v) is 11.1. The van der Waals surface area contributed by atoms with Gasteiger partial charge in [-0.3, -0.25) is 4.79 Å². The number of rotatable bonds is 3. The van der Waals surface area contributed by atoms with Gasteiger partial charge in [0.1, 0.15) is 5.75 Å². The number of hydrogen-bond donors (Lipinski definition) is 0. The summed E-state index contributed by atoms with van der Waals surface area (Å²) < 4.78 is 5.54. The van der Waals surface area contributed by atoms with Crippen LogP contribution in [0.5, 0.6) is 5.75 Å². The summed E-state index contributed by atoms with van der Waals surface area (Å²) >= 11 is 0. The van der Waals surface area contributed by atoms with Crippen LogP contribution in [-0.4, -0.2) is 5.97 Å². The molecule has 0 bridgehead atoms. The molecule has 0 amide bonds. The zero-order valence-electron chi connectivity index (χ0n) is 11.1. The van der Waals surface area contributed by atoms with Crippen LogP contribution in [-0.2, 0) is 4.79 Å². The van der Waals surface area contributed by atoms with Gasteiger partial charge in [-0.15, -0.1) is 0 Å². The standard InChI is InChI=1S/C16H18O2/c1-4-16(2,3)15(17)18-14-11-7-9-12-8-5-6-10-13(12)14/h5-11H,4H2,1-3H3. The highest BCUT2D eigenvalue weighted by atomic mass is 16.5. The Bertz CT molecular complexity index is 565. The summed E-state index contributed by atoms with van der Waals surface area (Å²) in [5, 5.41) is 2.05. The fraction of sp³-hybridized carbons (Fsp3) is 0.312. The molecule has 0 fully saturated rings. The minimum atomic E-state index is -0.447. The van der Waals surface area contributed by atoms with Gasteiger partial charge in [-0.05, 0) is 31.7 Å². The predicted molar refractivity (Wildman–Crippen MR) is 73.7 cm³/mol. The van der Waals surface area contributed by atoms with Crippen LogP contribution >= 0.6 is 0 Å². The first kappa shape index (κ1) is 12.6. The Labute approximate surface area is 108 Å². The smallest absolute Gasteiger partial charge is 0.316 e. The third-order valence-electron chi connectivity index (χ3n) is 3.39. The Kier molecular flexibility index (Phi) is 3.37. The first-order valence-corrected chi connectivity index (χ1v) is 6.24. The van der Waals surface area contributed by atoms with E-state index >= 15 is 0 Å². The third-order valence-corrected chi connectivity index (χ3v) is 3.39. The molecule has 0 aliphatic carbocycles. The van der Waals surface area contributed by atoms with Crippen molar-refractivity contribution in [3.63, 3.8) is 0 Å². The quantitative estimate of drug-likeness (QED) is 0.596. The largest absolute Gasteiger partial charge is 0.425 e. The van der Waals surface area contributed by atoms with Gasteiger partial charge in [0, 0.05) is 5.39 Å². The maximum absolute atomic E-state index is 12.1. The van der Waals surface area contributed by atoms with Crippen LogP contribution in [0, 0.1) is 5.41 Å². The molecular weight excluding hydrogens is 224 g/mol. The van der Waals surface area contributed by atoms with Gasteiger partial charge in [-0.1, -0.05) is 43.3 Å². The van der Waals surface area contributed by atoms with Crippen molar-refractivity contribution in [3.05, 3.63) is 42.5 Å². The first-order valence-electron chi connectivity index (χ1n) is 6.24. The SMILES string of the molecule is CCC(C)(C)C(=O)Oc1cccc2ccccc12. The number of ether oxygens (including phenoxy) is 1. The molecule has 2 heteroatoms. The van der Waals surface area contributed by atoms with Gasteiger partial charge >= 0.3 is 5.97 Å². The molecule has 2 aromatic carbocycles. The second kappa shape index (κ2) is 4.81.